The summed E-state index contributed by atoms with van der Waals surface area (Å²) in [6, 6.07) is 5.09. The van der Waals surface area contributed by atoms with Crippen LogP contribution >= 0.6 is 11.8 Å². The molecule has 0 saturated carbocycles. The fraction of sp³-hybridized carbons (Fsp3) is 0.357. The number of carboxylic acid groups (broad SMARTS) is 1. The van der Waals surface area contributed by atoms with E-state index in [1.54, 1.807) is 12.1 Å². The average molecular weight is 308 g/mol. The second kappa shape index (κ2) is 6.62. The molecule has 0 spiro atoms. The minimum absolute atomic E-state index is 0.00180. The summed E-state index contributed by atoms with van der Waals surface area (Å²) >= 11 is 1.85. The zero-order valence-corrected chi connectivity index (χ0v) is 12.4. The van der Waals surface area contributed by atoms with E-state index < -0.39 is 10.9 Å². The van der Waals surface area contributed by atoms with Crippen LogP contribution in [0.1, 0.15) is 12.0 Å². The molecule has 1 unspecified atom stereocenters. The van der Waals surface area contributed by atoms with Crippen LogP contribution < -0.4 is 4.90 Å². The van der Waals surface area contributed by atoms with Gasteiger partial charge in [-0.1, -0.05) is 6.07 Å². The molecular formula is C14H16N2O4S. The second-order valence-electron chi connectivity index (χ2n) is 4.81. The lowest BCUT2D eigenvalue weighted by molar-refractivity contribution is -0.384. The molecule has 1 atom stereocenters. The van der Waals surface area contributed by atoms with E-state index in [1.807, 2.05) is 23.7 Å². The number of anilines is 1. The number of hydrogen-bond acceptors (Lipinski definition) is 5. The summed E-state index contributed by atoms with van der Waals surface area (Å²) in [5.74, 6) is 0.957. The number of hydrogen-bond donors (Lipinski definition) is 1. The molecule has 1 aliphatic rings. The van der Waals surface area contributed by atoms with Gasteiger partial charge in [0.05, 0.1) is 4.92 Å². The van der Waals surface area contributed by atoms with E-state index in [-0.39, 0.29) is 5.69 Å². The Bertz CT molecular complexity index is 582. The van der Waals surface area contributed by atoms with Crippen LogP contribution in [0.25, 0.3) is 6.08 Å². The zero-order chi connectivity index (χ0) is 15.4. The summed E-state index contributed by atoms with van der Waals surface area (Å²) < 4.78 is 0. The molecule has 1 heterocycles. The fourth-order valence-corrected chi connectivity index (χ4v) is 3.55. The molecule has 0 radical (unpaired) electrons. The summed E-state index contributed by atoms with van der Waals surface area (Å²) in [5.41, 5.74) is 1.07. The fourth-order valence-electron chi connectivity index (χ4n) is 2.28. The van der Waals surface area contributed by atoms with E-state index in [9.17, 15) is 14.9 Å². The first-order valence-electron chi connectivity index (χ1n) is 6.49. The van der Waals surface area contributed by atoms with Crippen LogP contribution in [0.2, 0.25) is 0 Å². The van der Waals surface area contributed by atoms with Crippen molar-refractivity contribution in [3.05, 3.63) is 40.0 Å². The number of carboxylic acids is 1. The Morgan fingerprint density at radius 1 is 1.57 bits per heavy atom. The molecule has 0 bridgehead atoms. The predicted octanol–water partition coefficient (Wildman–Crippen LogP) is 2.63. The summed E-state index contributed by atoms with van der Waals surface area (Å²) in [7, 11) is 1.87. The van der Waals surface area contributed by atoms with Crippen molar-refractivity contribution in [1.82, 2.24) is 0 Å². The van der Waals surface area contributed by atoms with E-state index in [0.717, 1.165) is 24.0 Å². The number of benzene rings is 1. The smallest absolute Gasteiger partial charge is 0.328 e. The molecule has 1 aliphatic heterocycles. The largest absolute Gasteiger partial charge is 0.478 e. The van der Waals surface area contributed by atoms with Crippen molar-refractivity contribution >= 4 is 35.2 Å². The Morgan fingerprint density at radius 3 is 2.90 bits per heavy atom. The van der Waals surface area contributed by atoms with Gasteiger partial charge >= 0.3 is 5.97 Å². The highest BCUT2D eigenvalue weighted by atomic mass is 32.2. The van der Waals surface area contributed by atoms with Gasteiger partial charge in [0, 0.05) is 31.0 Å². The molecule has 21 heavy (non-hydrogen) atoms. The number of aliphatic carboxylic acids is 1. The van der Waals surface area contributed by atoms with E-state index in [0.29, 0.717) is 17.3 Å². The molecule has 112 valence electrons. The standard InChI is InChI=1S/C14H16N2O4S/c1-15(11-6-7-21-9-11)12-4-2-10(3-5-14(17)18)8-13(12)16(19)20/h2-5,8,11H,6-7,9H2,1H3,(H,17,18)/b5-3+. The summed E-state index contributed by atoms with van der Waals surface area (Å²) in [5, 5.41) is 19.9. The number of nitrogens with zero attached hydrogens (tertiary/aromatic N) is 2. The maximum absolute atomic E-state index is 11.3. The third kappa shape index (κ3) is 3.75. The SMILES string of the molecule is CN(c1ccc(/C=C/C(=O)O)cc1[N+](=O)[O-])C1CCSC1. The summed E-state index contributed by atoms with van der Waals surface area (Å²) in [4.78, 5) is 23.3. The van der Waals surface area contributed by atoms with Crippen LogP contribution in [-0.2, 0) is 4.79 Å². The molecule has 1 N–H and O–H groups in total. The van der Waals surface area contributed by atoms with Crippen molar-refractivity contribution < 1.29 is 14.8 Å². The van der Waals surface area contributed by atoms with E-state index in [4.69, 9.17) is 5.11 Å². The highest BCUT2D eigenvalue weighted by molar-refractivity contribution is 7.99. The number of nitro benzene ring substituents is 1. The van der Waals surface area contributed by atoms with Crippen molar-refractivity contribution in [1.29, 1.82) is 0 Å². The number of rotatable bonds is 5. The maximum atomic E-state index is 11.3. The van der Waals surface area contributed by atoms with Crippen LogP contribution in [0.5, 0.6) is 0 Å². The van der Waals surface area contributed by atoms with Crippen LogP contribution in [-0.4, -0.2) is 40.6 Å². The molecule has 2 rings (SSSR count). The molecule has 7 heteroatoms. The van der Waals surface area contributed by atoms with Crippen LogP contribution in [0, 0.1) is 10.1 Å². The van der Waals surface area contributed by atoms with Gasteiger partial charge in [-0.25, -0.2) is 4.79 Å². The maximum Gasteiger partial charge on any atom is 0.328 e. The number of nitro groups is 1. The van der Waals surface area contributed by atoms with Gasteiger partial charge in [-0.15, -0.1) is 0 Å². The van der Waals surface area contributed by atoms with Gasteiger partial charge in [0.1, 0.15) is 5.69 Å². The van der Waals surface area contributed by atoms with Gasteiger partial charge < -0.3 is 10.0 Å². The van der Waals surface area contributed by atoms with Gasteiger partial charge in [0.2, 0.25) is 0 Å². The Kier molecular flexibility index (Phi) is 4.85. The monoisotopic (exact) mass is 308 g/mol. The lowest BCUT2D eigenvalue weighted by atomic mass is 10.1. The van der Waals surface area contributed by atoms with Crippen molar-refractivity contribution in [2.45, 2.75) is 12.5 Å². The number of thioether (sulfide) groups is 1. The highest BCUT2D eigenvalue weighted by Gasteiger charge is 2.25. The van der Waals surface area contributed by atoms with Gasteiger partial charge in [-0.3, -0.25) is 10.1 Å². The predicted molar refractivity (Wildman–Crippen MR) is 83.9 cm³/mol. The number of carbonyl (C=O) groups is 1. The van der Waals surface area contributed by atoms with Crippen molar-refractivity contribution in [2.24, 2.45) is 0 Å². The normalized spacial score (nSPS) is 18.0. The minimum atomic E-state index is -1.08. The molecular weight excluding hydrogens is 292 g/mol. The summed E-state index contributed by atoms with van der Waals surface area (Å²) in [6.07, 6.45) is 3.33. The van der Waals surface area contributed by atoms with E-state index >= 15 is 0 Å². The molecule has 1 aromatic carbocycles. The molecule has 6 nitrogen and oxygen atoms in total. The third-order valence-electron chi connectivity index (χ3n) is 3.45. The first-order chi connectivity index (χ1) is 9.99. The molecule has 1 saturated heterocycles. The Labute approximate surface area is 126 Å². The Hall–Kier alpha value is -2.02. The van der Waals surface area contributed by atoms with E-state index in [2.05, 4.69) is 0 Å². The Morgan fingerprint density at radius 2 is 2.33 bits per heavy atom. The van der Waals surface area contributed by atoms with Gasteiger partial charge in [-0.2, -0.15) is 11.8 Å². The van der Waals surface area contributed by atoms with E-state index in [1.165, 1.54) is 12.1 Å². The minimum Gasteiger partial charge on any atom is -0.478 e. The third-order valence-corrected chi connectivity index (χ3v) is 4.59. The Balaban J connectivity index is 2.32. The zero-order valence-electron chi connectivity index (χ0n) is 11.6. The topological polar surface area (TPSA) is 83.7 Å². The lowest BCUT2D eigenvalue weighted by Crippen LogP contribution is -2.31. The first-order valence-corrected chi connectivity index (χ1v) is 7.64. The lowest BCUT2D eigenvalue weighted by Gasteiger charge is -2.25. The molecule has 0 aromatic heterocycles. The average Bonchev–Trinajstić information content (AvgIpc) is 2.98. The molecule has 1 aromatic rings. The van der Waals surface area contributed by atoms with Crippen molar-refractivity contribution in [2.75, 3.05) is 23.5 Å². The van der Waals surface area contributed by atoms with Gasteiger partial charge in [0.25, 0.3) is 5.69 Å². The second-order valence-corrected chi connectivity index (χ2v) is 5.95. The van der Waals surface area contributed by atoms with Crippen LogP contribution in [0.15, 0.2) is 24.3 Å². The van der Waals surface area contributed by atoms with Gasteiger partial charge in [-0.05, 0) is 29.9 Å². The quantitative estimate of drug-likeness (QED) is 0.511. The first kappa shape index (κ1) is 15.4. The van der Waals surface area contributed by atoms with Crippen molar-refractivity contribution in [3.8, 4) is 0 Å². The highest BCUT2D eigenvalue weighted by Crippen LogP contribution is 2.33. The van der Waals surface area contributed by atoms with Crippen LogP contribution in [0.3, 0.4) is 0 Å². The molecule has 0 aliphatic carbocycles. The molecule has 1 fully saturated rings. The van der Waals surface area contributed by atoms with Crippen molar-refractivity contribution in [3.63, 3.8) is 0 Å². The molecule has 0 amide bonds. The summed E-state index contributed by atoms with van der Waals surface area (Å²) in [6.45, 7) is 0. The van der Waals surface area contributed by atoms with Crippen LogP contribution in [0.4, 0.5) is 11.4 Å². The van der Waals surface area contributed by atoms with Gasteiger partial charge in [0.15, 0.2) is 0 Å².